The molecule has 18 heavy (non-hydrogen) atoms. The fourth-order valence-corrected chi connectivity index (χ4v) is 2.44. The van der Waals surface area contributed by atoms with Gasteiger partial charge in [0.1, 0.15) is 0 Å². The van der Waals surface area contributed by atoms with E-state index in [9.17, 15) is 4.79 Å². The zero-order valence-electron chi connectivity index (χ0n) is 11.5. The summed E-state index contributed by atoms with van der Waals surface area (Å²) in [6, 6.07) is 7.02. The molecule has 1 aliphatic rings. The van der Waals surface area contributed by atoms with E-state index in [4.69, 9.17) is 0 Å². The maximum atomic E-state index is 11.5. The van der Waals surface area contributed by atoms with Crippen molar-refractivity contribution in [3.05, 3.63) is 29.3 Å². The quantitative estimate of drug-likeness (QED) is 0.882. The summed E-state index contributed by atoms with van der Waals surface area (Å²) in [5.41, 5.74) is 3.77. The van der Waals surface area contributed by atoms with Gasteiger partial charge in [-0.15, -0.1) is 0 Å². The molecule has 1 N–H and O–H groups in total. The third kappa shape index (κ3) is 2.91. The maximum absolute atomic E-state index is 11.5. The zero-order valence-corrected chi connectivity index (χ0v) is 11.5. The summed E-state index contributed by atoms with van der Waals surface area (Å²) >= 11 is 0. The predicted molar refractivity (Wildman–Crippen MR) is 75.0 cm³/mol. The Hall–Kier alpha value is -1.35. The molecule has 0 unspecified atom stereocenters. The van der Waals surface area contributed by atoms with Crippen molar-refractivity contribution in [2.45, 2.75) is 39.7 Å². The van der Waals surface area contributed by atoms with Crippen LogP contribution in [0.1, 0.15) is 31.9 Å². The topological polar surface area (TPSA) is 32.3 Å². The summed E-state index contributed by atoms with van der Waals surface area (Å²) in [7, 11) is 0. The van der Waals surface area contributed by atoms with E-state index >= 15 is 0 Å². The molecule has 0 saturated heterocycles. The van der Waals surface area contributed by atoms with Crippen molar-refractivity contribution in [3.8, 4) is 0 Å². The molecule has 1 aromatic rings. The van der Waals surface area contributed by atoms with Crippen LogP contribution in [0.25, 0.3) is 0 Å². The molecule has 2 rings (SSSR count). The first kappa shape index (κ1) is 13.1. The van der Waals surface area contributed by atoms with E-state index in [0.717, 1.165) is 31.6 Å². The number of carbonyl (C=O) groups is 1. The van der Waals surface area contributed by atoms with Crippen molar-refractivity contribution in [2.75, 3.05) is 18.0 Å². The summed E-state index contributed by atoms with van der Waals surface area (Å²) < 4.78 is 0. The fraction of sp³-hybridized carbons (Fsp3) is 0.533. The van der Waals surface area contributed by atoms with Gasteiger partial charge in [-0.2, -0.15) is 0 Å². The van der Waals surface area contributed by atoms with Gasteiger partial charge in [0, 0.05) is 25.2 Å². The first-order valence-electron chi connectivity index (χ1n) is 6.71. The largest absolute Gasteiger partial charge is 0.314 e. The lowest BCUT2D eigenvalue weighted by atomic mass is 10.1. The molecule has 1 amide bonds. The molecule has 0 radical (unpaired) electrons. The van der Waals surface area contributed by atoms with Gasteiger partial charge in [0.2, 0.25) is 5.91 Å². The Morgan fingerprint density at radius 1 is 1.44 bits per heavy atom. The van der Waals surface area contributed by atoms with Gasteiger partial charge in [-0.3, -0.25) is 4.79 Å². The van der Waals surface area contributed by atoms with E-state index < -0.39 is 0 Å². The standard InChI is InChI=1S/C15H22N2O/c1-11(2)16-8-6-13-4-5-15-14(10-13)7-9-17(15)12(3)18/h4-5,10-11,16H,6-9H2,1-3H3. The van der Waals surface area contributed by atoms with E-state index in [1.165, 1.54) is 11.1 Å². The first-order valence-corrected chi connectivity index (χ1v) is 6.71. The van der Waals surface area contributed by atoms with Crippen LogP contribution < -0.4 is 10.2 Å². The molecule has 0 aromatic heterocycles. The van der Waals surface area contributed by atoms with E-state index in [-0.39, 0.29) is 5.91 Å². The second-order valence-corrected chi connectivity index (χ2v) is 5.24. The fourth-order valence-electron chi connectivity index (χ4n) is 2.44. The van der Waals surface area contributed by atoms with Crippen molar-refractivity contribution in [1.29, 1.82) is 0 Å². The van der Waals surface area contributed by atoms with Crippen LogP contribution >= 0.6 is 0 Å². The number of anilines is 1. The molecule has 1 aliphatic heterocycles. The number of benzene rings is 1. The number of amides is 1. The molecule has 1 heterocycles. The molecule has 3 nitrogen and oxygen atoms in total. The van der Waals surface area contributed by atoms with Crippen molar-refractivity contribution >= 4 is 11.6 Å². The highest BCUT2D eigenvalue weighted by atomic mass is 16.2. The lowest BCUT2D eigenvalue weighted by Crippen LogP contribution is -2.25. The Morgan fingerprint density at radius 3 is 2.89 bits per heavy atom. The van der Waals surface area contributed by atoms with Crippen molar-refractivity contribution < 1.29 is 4.79 Å². The van der Waals surface area contributed by atoms with Gasteiger partial charge in [0.25, 0.3) is 0 Å². The van der Waals surface area contributed by atoms with E-state index in [1.54, 1.807) is 6.92 Å². The molecule has 0 bridgehead atoms. The summed E-state index contributed by atoms with van der Waals surface area (Å²) in [5, 5.41) is 3.42. The lowest BCUT2D eigenvalue weighted by molar-refractivity contribution is -0.116. The van der Waals surface area contributed by atoms with Crippen LogP contribution in [-0.4, -0.2) is 25.0 Å². The first-order chi connectivity index (χ1) is 8.58. The van der Waals surface area contributed by atoms with Gasteiger partial charge in [-0.1, -0.05) is 26.0 Å². The lowest BCUT2D eigenvalue weighted by Gasteiger charge is -2.15. The summed E-state index contributed by atoms with van der Waals surface area (Å²) in [6.07, 6.45) is 2.03. The minimum Gasteiger partial charge on any atom is -0.314 e. The Bertz CT molecular complexity index is 440. The second-order valence-electron chi connectivity index (χ2n) is 5.24. The number of carbonyl (C=O) groups excluding carboxylic acids is 1. The van der Waals surface area contributed by atoms with Gasteiger partial charge in [0.15, 0.2) is 0 Å². The molecular weight excluding hydrogens is 224 g/mol. The van der Waals surface area contributed by atoms with Crippen LogP contribution in [0.15, 0.2) is 18.2 Å². The molecule has 0 fully saturated rings. The molecule has 0 atom stereocenters. The Labute approximate surface area is 109 Å². The molecule has 98 valence electrons. The van der Waals surface area contributed by atoms with Crippen LogP contribution in [0.5, 0.6) is 0 Å². The number of fused-ring (bicyclic) bond motifs is 1. The average Bonchev–Trinajstić information content (AvgIpc) is 2.71. The van der Waals surface area contributed by atoms with Gasteiger partial charge in [-0.05, 0) is 36.6 Å². The van der Waals surface area contributed by atoms with Crippen molar-refractivity contribution in [2.24, 2.45) is 0 Å². The van der Waals surface area contributed by atoms with Crippen LogP contribution in [-0.2, 0) is 17.6 Å². The highest BCUT2D eigenvalue weighted by molar-refractivity contribution is 5.93. The third-order valence-corrected chi connectivity index (χ3v) is 3.39. The number of hydrogen-bond acceptors (Lipinski definition) is 2. The SMILES string of the molecule is CC(=O)N1CCc2cc(CCNC(C)C)ccc21. The minimum absolute atomic E-state index is 0.142. The smallest absolute Gasteiger partial charge is 0.223 e. The molecule has 0 aliphatic carbocycles. The number of hydrogen-bond donors (Lipinski definition) is 1. The molecule has 1 aromatic carbocycles. The third-order valence-electron chi connectivity index (χ3n) is 3.39. The normalized spacial score (nSPS) is 14.1. The van der Waals surface area contributed by atoms with Gasteiger partial charge in [0.05, 0.1) is 0 Å². The Morgan fingerprint density at radius 2 is 2.22 bits per heavy atom. The highest BCUT2D eigenvalue weighted by Crippen LogP contribution is 2.28. The van der Waals surface area contributed by atoms with Gasteiger partial charge < -0.3 is 10.2 Å². The van der Waals surface area contributed by atoms with Gasteiger partial charge in [-0.25, -0.2) is 0 Å². The summed E-state index contributed by atoms with van der Waals surface area (Å²) in [4.78, 5) is 13.3. The summed E-state index contributed by atoms with van der Waals surface area (Å²) in [6.45, 7) is 7.79. The van der Waals surface area contributed by atoms with E-state index in [2.05, 4.69) is 37.4 Å². The monoisotopic (exact) mass is 246 g/mol. The highest BCUT2D eigenvalue weighted by Gasteiger charge is 2.21. The number of nitrogens with zero attached hydrogens (tertiary/aromatic N) is 1. The van der Waals surface area contributed by atoms with Crippen LogP contribution in [0.2, 0.25) is 0 Å². The average molecular weight is 246 g/mol. The van der Waals surface area contributed by atoms with E-state index in [0.29, 0.717) is 6.04 Å². The second kappa shape index (κ2) is 5.53. The Kier molecular flexibility index (Phi) is 4.02. The van der Waals surface area contributed by atoms with Crippen molar-refractivity contribution in [1.82, 2.24) is 5.32 Å². The number of nitrogens with one attached hydrogen (secondary N) is 1. The van der Waals surface area contributed by atoms with Gasteiger partial charge >= 0.3 is 0 Å². The number of rotatable bonds is 4. The van der Waals surface area contributed by atoms with E-state index in [1.807, 2.05) is 4.90 Å². The maximum Gasteiger partial charge on any atom is 0.223 e. The van der Waals surface area contributed by atoms with Crippen LogP contribution in [0, 0.1) is 0 Å². The minimum atomic E-state index is 0.142. The Balaban J connectivity index is 2.03. The van der Waals surface area contributed by atoms with Crippen LogP contribution in [0.4, 0.5) is 5.69 Å². The summed E-state index contributed by atoms with van der Waals surface area (Å²) in [5.74, 6) is 0.142. The molecule has 0 saturated carbocycles. The zero-order chi connectivity index (χ0) is 13.1. The molecule has 3 heteroatoms. The molecule has 0 spiro atoms. The predicted octanol–water partition coefficient (Wildman–Crippen LogP) is 2.14. The van der Waals surface area contributed by atoms with Crippen LogP contribution in [0.3, 0.4) is 0 Å². The molecular formula is C15H22N2O. The van der Waals surface area contributed by atoms with Crippen molar-refractivity contribution in [3.63, 3.8) is 0 Å².